The third-order valence-corrected chi connectivity index (χ3v) is 4.01. The minimum absolute atomic E-state index is 0.0448. The van der Waals surface area contributed by atoms with Crippen LogP contribution >= 0.6 is 0 Å². The van der Waals surface area contributed by atoms with Gasteiger partial charge in [0.15, 0.2) is 5.76 Å². The average molecular weight is 336 g/mol. The summed E-state index contributed by atoms with van der Waals surface area (Å²) in [5.74, 6) is 1.07. The molecule has 0 N–H and O–H groups in total. The van der Waals surface area contributed by atoms with Crippen molar-refractivity contribution in [1.29, 1.82) is 0 Å². The van der Waals surface area contributed by atoms with Crippen molar-refractivity contribution < 1.29 is 18.8 Å². The Kier molecular flexibility index (Phi) is 3.93. The van der Waals surface area contributed by atoms with Crippen LogP contribution in [0.5, 0.6) is 5.75 Å². The zero-order valence-corrected chi connectivity index (χ0v) is 13.6. The van der Waals surface area contributed by atoms with Crippen LogP contribution in [0, 0.1) is 0 Å². The summed E-state index contributed by atoms with van der Waals surface area (Å²) in [4.78, 5) is 15.8. The number of hydrogen-bond donors (Lipinski definition) is 0. The molecule has 0 bridgehead atoms. The van der Waals surface area contributed by atoms with Gasteiger partial charge in [-0.15, -0.1) is 0 Å². The molecule has 0 spiro atoms. The molecule has 1 aliphatic rings. The highest BCUT2D eigenvalue weighted by molar-refractivity contribution is 5.89. The molecule has 0 saturated heterocycles. The highest BCUT2D eigenvalue weighted by Crippen LogP contribution is 2.33. The Morgan fingerprint density at radius 1 is 1.24 bits per heavy atom. The molecule has 0 fully saturated rings. The molecular weight excluding hydrogens is 320 g/mol. The van der Waals surface area contributed by atoms with E-state index in [9.17, 15) is 4.79 Å². The predicted molar refractivity (Wildman–Crippen MR) is 89.1 cm³/mol. The Morgan fingerprint density at radius 2 is 2.08 bits per heavy atom. The number of fused-ring (bicyclic) bond motifs is 1. The van der Waals surface area contributed by atoms with E-state index in [1.165, 1.54) is 5.56 Å². The summed E-state index contributed by atoms with van der Waals surface area (Å²) in [5.41, 5.74) is 3.07. The maximum absolute atomic E-state index is 11.9. The first kappa shape index (κ1) is 15.4. The van der Waals surface area contributed by atoms with Crippen LogP contribution in [0.3, 0.4) is 0 Å². The number of benzene rings is 1. The second-order valence-corrected chi connectivity index (χ2v) is 5.95. The summed E-state index contributed by atoms with van der Waals surface area (Å²) in [6, 6.07) is 10.9. The number of hydrogen-bond acceptors (Lipinski definition) is 6. The molecule has 1 aliphatic heterocycles. The van der Waals surface area contributed by atoms with Crippen LogP contribution in [-0.4, -0.2) is 22.2 Å². The third kappa shape index (κ3) is 3.24. The molecule has 0 saturated carbocycles. The number of carbonyl (C=O) groups excluding carboxylic acids is 1. The van der Waals surface area contributed by atoms with E-state index in [0.717, 1.165) is 17.7 Å². The van der Waals surface area contributed by atoms with E-state index < -0.39 is 5.97 Å². The normalized spacial score (nSPS) is 15.5. The van der Waals surface area contributed by atoms with E-state index in [1.54, 1.807) is 30.6 Å². The summed E-state index contributed by atoms with van der Waals surface area (Å²) < 4.78 is 16.4. The first-order chi connectivity index (χ1) is 12.2. The quantitative estimate of drug-likeness (QED) is 0.680. The highest BCUT2D eigenvalue weighted by Gasteiger charge is 2.20. The Balaban J connectivity index is 1.44. The van der Waals surface area contributed by atoms with Gasteiger partial charge in [0, 0.05) is 30.4 Å². The maximum Gasteiger partial charge on any atom is 0.338 e. The smallest absolute Gasteiger partial charge is 0.338 e. The molecule has 1 atom stereocenters. The summed E-state index contributed by atoms with van der Waals surface area (Å²) in [6.45, 7) is 2.09. The number of esters is 1. The average Bonchev–Trinajstić information content (AvgIpc) is 3.25. The molecule has 6 nitrogen and oxygen atoms in total. The van der Waals surface area contributed by atoms with Gasteiger partial charge in [-0.1, -0.05) is 17.3 Å². The lowest BCUT2D eigenvalue weighted by Gasteiger charge is -2.03. The minimum atomic E-state index is -0.424. The fraction of sp³-hybridized carbons (Fsp3) is 0.211. The van der Waals surface area contributed by atoms with Gasteiger partial charge in [0.2, 0.25) is 0 Å². The van der Waals surface area contributed by atoms with Crippen LogP contribution in [-0.2, 0) is 17.8 Å². The molecule has 0 radical (unpaired) electrons. The van der Waals surface area contributed by atoms with E-state index in [4.69, 9.17) is 14.0 Å². The van der Waals surface area contributed by atoms with Crippen molar-refractivity contribution >= 4 is 5.97 Å². The third-order valence-electron chi connectivity index (χ3n) is 4.01. The largest absolute Gasteiger partial charge is 0.490 e. The lowest BCUT2D eigenvalue weighted by molar-refractivity contribution is 0.0464. The Bertz CT molecular complexity index is 905. The number of rotatable bonds is 4. The Hall–Kier alpha value is -3.15. The van der Waals surface area contributed by atoms with Gasteiger partial charge in [0.1, 0.15) is 24.2 Å². The molecule has 4 rings (SSSR count). The standard InChI is InChI=1S/C19H16N2O4/c1-12-8-14-2-3-15(9-17(14)24-12)18-10-16(21-25-18)11-23-19(22)13-4-6-20-7-5-13/h2-7,9-10,12H,8,11H2,1H3. The molecule has 6 heteroatoms. The second-order valence-electron chi connectivity index (χ2n) is 5.95. The molecule has 1 aromatic carbocycles. The van der Waals surface area contributed by atoms with Crippen molar-refractivity contribution in [2.75, 3.05) is 0 Å². The van der Waals surface area contributed by atoms with E-state index in [-0.39, 0.29) is 12.7 Å². The lowest BCUT2D eigenvalue weighted by Crippen LogP contribution is -2.05. The monoisotopic (exact) mass is 336 g/mol. The minimum Gasteiger partial charge on any atom is -0.490 e. The van der Waals surface area contributed by atoms with Gasteiger partial charge in [-0.05, 0) is 30.7 Å². The molecular formula is C19H16N2O4. The van der Waals surface area contributed by atoms with Gasteiger partial charge in [-0.2, -0.15) is 0 Å². The van der Waals surface area contributed by atoms with Crippen molar-refractivity contribution in [3.8, 4) is 17.1 Å². The summed E-state index contributed by atoms with van der Waals surface area (Å²) in [5, 5.41) is 3.96. The van der Waals surface area contributed by atoms with Gasteiger partial charge in [-0.3, -0.25) is 4.98 Å². The molecule has 1 unspecified atom stereocenters. The van der Waals surface area contributed by atoms with Crippen LogP contribution in [0.1, 0.15) is 28.5 Å². The topological polar surface area (TPSA) is 74.5 Å². The molecule has 2 aromatic heterocycles. The van der Waals surface area contributed by atoms with Gasteiger partial charge in [0.25, 0.3) is 0 Å². The van der Waals surface area contributed by atoms with Gasteiger partial charge >= 0.3 is 5.97 Å². The van der Waals surface area contributed by atoms with Crippen LogP contribution in [0.4, 0.5) is 0 Å². The SMILES string of the molecule is CC1Cc2ccc(-c3cc(COC(=O)c4ccncc4)no3)cc2O1. The summed E-state index contributed by atoms with van der Waals surface area (Å²) in [7, 11) is 0. The number of carbonyl (C=O) groups is 1. The van der Waals surface area contributed by atoms with Crippen LogP contribution in [0.25, 0.3) is 11.3 Å². The number of aromatic nitrogens is 2. The predicted octanol–water partition coefficient (Wildman–Crippen LogP) is 3.42. The first-order valence-electron chi connectivity index (χ1n) is 8.02. The van der Waals surface area contributed by atoms with Crippen molar-refractivity contribution in [2.45, 2.75) is 26.1 Å². The van der Waals surface area contributed by atoms with Crippen molar-refractivity contribution in [3.05, 3.63) is 65.6 Å². The van der Waals surface area contributed by atoms with Gasteiger partial charge in [0.05, 0.1) is 5.56 Å². The summed E-state index contributed by atoms with van der Waals surface area (Å²) >= 11 is 0. The highest BCUT2D eigenvalue weighted by atomic mass is 16.5. The molecule has 3 heterocycles. The zero-order valence-electron chi connectivity index (χ0n) is 13.6. The molecule has 0 amide bonds. The van der Waals surface area contributed by atoms with Crippen molar-refractivity contribution in [2.24, 2.45) is 0 Å². The number of pyridine rings is 1. The maximum atomic E-state index is 11.9. The van der Waals surface area contributed by atoms with Crippen molar-refractivity contribution in [1.82, 2.24) is 10.1 Å². The molecule has 25 heavy (non-hydrogen) atoms. The molecule has 0 aliphatic carbocycles. The summed E-state index contributed by atoms with van der Waals surface area (Å²) in [6.07, 6.45) is 4.20. The lowest BCUT2D eigenvalue weighted by atomic mass is 10.1. The Morgan fingerprint density at radius 3 is 2.92 bits per heavy atom. The molecule has 3 aromatic rings. The first-order valence-corrected chi connectivity index (χ1v) is 8.02. The number of nitrogens with zero attached hydrogens (tertiary/aromatic N) is 2. The Labute approximate surface area is 144 Å². The second kappa shape index (κ2) is 6.39. The number of ether oxygens (including phenoxy) is 2. The van der Waals surface area contributed by atoms with E-state index in [2.05, 4.69) is 10.1 Å². The van der Waals surface area contributed by atoms with Gasteiger partial charge in [-0.25, -0.2) is 4.79 Å². The van der Waals surface area contributed by atoms with E-state index >= 15 is 0 Å². The van der Waals surface area contributed by atoms with Crippen molar-refractivity contribution in [3.63, 3.8) is 0 Å². The fourth-order valence-corrected chi connectivity index (χ4v) is 2.78. The van der Waals surface area contributed by atoms with Gasteiger partial charge < -0.3 is 14.0 Å². The fourth-order valence-electron chi connectivity index (χ4n) is 2.78. The molecule has 126 valence electrons. The zero-order chi connectivity index (χ0) is 17.2. The van der Waals surface area contributed by atoms with Crippen LogP contribution in [0.2, 0.25) is 0 Å². The van der Waals surface area contributed by atoms with E-state index in [1.807, 2.05) is 25.1 Å². The van der Waals surface area contributed by atoms with Crippen LogP contribution in [0.15, 0.2) is 53.3 Å². The van der Waals surface area contributed by atoms with E-state index in [0.29, 0.717) is 17.0 Å². The van der Waals surface area contributed by atoms with Crippen LogP contribution < -0.4 is 4.74 Å².